The minimum Gasteiger partial charge on any atom is -0.465 e. The van der Waals surface area contributed by atoms with E-state index in [4.69, 9.17) is 14.0 Å². The highest BCUT2D eigenvalue weighted by Crippen LogP contribution is 2.48. The Labute approximate surface area is 97.9 Å². The van der Waals surface area contributed by atoms with Crippen LogP contribution in [0.2, 0.25) is 0 Å². The fourth-order valence-electron chi connectivity index (χ4n) is 1.46. The second-order valence-corrected chi connectivity index (χ2v) is 3.98. The third kappa shape index (κ3) is 2.15. The average Bonchev–Trinajstić information content (AvgIpc) is 3.00. The molecule has 1 heterocycles. The van der Waals surface area contributed by atoms with E-state index in [-0.39, 0.29) is 12.6 Å². The van der Waals surface area contributed by atoms with Gasteiger partial charge in [-0.1, -0.05) is 5.16 Å². The molecule has 1 aliphatic carbocycles. The van der Waals surface area contributed by atoms with Gasteiger partial charge in [0.05, 0.1) is 12.3 Å². The molecule has 0 atom stereocenters. The van der Waals surface area contributed by atoms with E-state index in [1.54, 1.807) is 13.8 Å². The highest BCUT2D eigenvalue weighted by molar-refractivity contribution is 6.03. The van der Waals surface area contributed by atoms with Gasteiger partial charge in [-0.25, -0.2) is 0 Å². The van der Waals surface area contributed by atoms with E-state index >= 15 is 0 Å². The molecule has 0 N–H and O–H groups in total. The third-order valence-electron chi connectivity index (χ3n) is 2.61. The van der Waals surface area contributed by atoms with Crippen molar-refractivity contribution in [3.05, 3.63) is 11.8 Å². The van der Waals surface area contributed by atoms with Gasteiger partial charge in [0.1, 0.15) is 0 Å². The van der Waals surface area contributed by atoms with Gasteiger partial charge in [0.25, 0.3) is 0 Å². The predicted octanol–water partition coefficient (Wildman–Crippen LogP) is 1.23. The molecule has 0 aromatic carbocycles. The van der Waals surface area contributed by atoms with E-state index < -0.39 is 17.4 Å². The summed E-state index contributed by atoms with van der Waals surface area (Å²) in [6.07, 6.45) is 0.912. The van der Waals surface area contributed by atoms with Gasteiger partial charge in [0.15, 0.2) is 5.41 Å². The molecule has 1 saturated carbocycles. The Bertz CT molecular complexity index is 446. The van der Waals surface area contributed by atoms with E-state index in [9.17, 15) is 9.59 Å². The highest BCUT2D eigenvalue weighted by atomic mass is 16.7. The maximum Gasteiger partial charge on any atom is 0.331 e. The van der Waals surface area contributed by atoms with E-state index in [0.717, 1.165) is 0 Å². The van der Waals surface area contributed by atoms with Crippen molar-refractivity contribution in [2.45, 2.75) is 26.7 Å². The molecule has 1 fully saturated rings. The first kappa shape index (κ1) is 11.6. The highest BCUT2D eigenvalue weighted by Gasteiger charge is 2.60. The first-order chi connectivity index (χ1) is 8.08. The van der Waals surface area contributed by atoms with Crippen molar-refractivity contribution in [1.82, 2.24) is 5.16 Å². The van der Waals surface area contributed by atoms with E-state index in [1.165, 1.54) is 6.07 Å². The van der Waals surface area contributed by atoms with Crippen LogP contribution in [0.25, 0.3) is 0 Å². The van der Waals surface area contributed by atoms with Crippen LogP contribution in [0.15, 0.2) is 10.6 Å². The van der Waals surface area contributed by atoms with Crippen molar-refractivity contribution >= 4 is 11.9 Å². The number of rotatable bonds is 4. The van der Waals surface area contributed by atoms with Crippen LogP contribution in [0.3, 0.4) is 0 Å². The van der Waals surface area contributed by atoms with Gasteiger partial charge in [-0.3, -0.25) is 9.59 Å². The summed E-state index contributed by atoms with van der Waals surface area (Å²) in [6.45, 7) is 3.65. The summed E-state index contributed by atoms with van der Waals surface area (Å²) in [4.78, 5) is 23.4. The number of esters is 2. The third-order valence-corrected chi connectivity index (χ3v) is 2.61. The van der Waals surface area contributed by atoms with Crippen LogP contribution >= 0.6 is 0 Å². The molecule has 6 heteroatoms. The molecule has 0 radical (unpaired) electrons. The molecule has 1 aliphatic rings. The molecular weight excluding hydrogens is 226 g/mol. The number of carbonyl (C=O) groups excluding carboxylic acids is 2. The van der Waals surface area contributed by atoms with Crippen molar-refractivity contribution in [3.63, 3.8) is 0 Å². The lowest BCUT2D eigenvalue weighted by Gasteiger charge is -2.10. The second kappa shape index (κ2) is 4.20. The Hall–Kier alpha value is -1.85. The number of ether oxygens (including phenoxy) is 2. The van der Waals surface area contributed by atoms with Crippen LogP contribution in [-0.4, -0.2) is 23.7 Å². The molecule has 0 amide bonds. The summed E-state index contributed by atoms with van der Waals surface area (Å²) in [7, 11) is 0. The van der Waals surface area contributed by atoms with Gasteiger partial charge in [-0.2, -0.15) is 0 Å². The lowest BCUT2D eigenvalue weighted by Crippen LogP contribution is -2.31. The second-order valence-electron chi connectivity index (χ2n) is 3.98. The van der Waals surface area contributed by atoms with Gasteiger partial charge < -0.3 is 14.0 Å². The predicted molar refractivity (Wildman–Crippen MR) is 55.2 cm³/mol. The zero-order valence-corrected chi connectivity index (χ0v) is 9.69. The maximum absolute atomic E-state index is 11.8. The number of aryl methyl sites for hydroxylation is 1. The van der Waals surface area contributed by atoms with Crippen molar-refractivity contribution in [2.24, 2.45) is 5.41 Å². The van der Waals surface area contributed by atoms with Crippen LogP contribution in [0.1, 0.15) is 25.5 Å². The Balaban J connectivity index is 2.03. The number of nitrogens with zero attached hydrogens (tertiary/aromatic N) is 1. The molecule has 0 bridgehead atoms. The van der Waals surface area contributed by atoms with Crippen molar-refractivity contribution in [3.8, 4) is 5.95 Å². The van der Waals surface area contributed by atoms with Crippen molar-refractivity contribution in [1.29, 1.82) is 0 Å². The molecule has 0 saturated heterocycles. The van der Waals surface area contributed by atoms with Crippen LogP contribution in [0, 0.1) is 12.3 Å². The van der Waals surface area contributed by atoms with E-state index in [0.29, 0.717) is 18.5 Å². The largest absolute Gasteiger partial charge is 0.465 e. The molecule has 1 aromatic heterocycles. The Morgan fingerprint density at radius 1 is 1.47 bits per heavy atom. The van der Waals surface area contributed by atoms with E-state index in [1.807, 2.05) is 0 Å². The summed E-state index contributed by atoms with van der Waals surface area (Å²) < 4.78 is 14.6. The Kier molecular flexibility index (Phi) is 2.87. The SMILES string of the molecule is CCOC(=O)C1(C(=O)Oc2cc(C)no2)CC1. The lowest BCUT2D eigenvalue weighted by atomic mass is 10.1. The fraction of sp³-hybridized carbons (Fsp3) is 0.545. The first-order valence-corrected chi connectivity index (χ1v) is 5.41. The molecular formula is C11H13NO5. The van der Waals surface area contributed by atoms with Crippen molar-refractivity contribution < 1.29 is 23.6 Å². The standard InChI is InChI=1S/C11H13NO5/c1-3-15-9(13)11(4-5-11)10(14)16-8-6-7(2)12-17-8/h6H,3-5H2,1-2H3. The smallest absolute Gasteiger partial charge is 0.331 e. The Morgan fingerprint density at radius 2 is 2.18 bits per heavy atom. The molecule has 92 valence electrons. The average molecular weight is 239 g/mol. The van der Waals surface area contributed by atoms with Gasteiger partial charge in [0, 0.05) is 6.07 Å². The summed E-state index contributed by atoms with van der Waals surface area (Å²) in [6, 6.07) is 1.49. The molecule has 2 rings (SSSR count). The van der Waals surface area contributed by atoms with Gasteiger partial charge in [0.2, 0.25) is 0 Å². The minimum absolute atomic E-state index is 0.00285. The van der Waals surface area contributed by atoms with Crippen LogP contribution in [0.4, 0.5) is 0 Å². The molecule has 0 aliphatic heterocycles. The monoisotopic (exact) mass is 239 g/mol. The molecule has 17 heavy (non-hydrogen) atoms. The number of carbonyl (C=O) groups is 2. The summed E-state index contributed by atoms with van der Waals surface area (Å²) >= 11 is 0. The van der Waals surface area contributed by atoms with Gasteiger partial charge in [-0.05, 0) is 26.7 Å². The number of aromatic nitrogens is 1. The van der Waals surface area contributed by atoms with Crippen LogP contribution < -0.4 is 4.74 Å². The quantitative estimate of drug-likeness (QED) is 0.580. The van der Waals surface area contributed by atoms with Crippen LogP contribution in [0.5, 0.6) is 5.95 Å². The molecule has 6 nitrogen and oxygen atoms in total. The number of hydrogen-bond acceptors (Lipinski definition) is 6. The van der Waals surface area contributed by atoms with Crippen molar-refractivity contribution in [2.75, 3.05) is 6.61 Å². The summed E-state index contributed by atoms with van der Waals surface area (Å²) in [5, 5.41) is 3.58. The van der Waals surface area contributed by atoms with Gasteiger partial charge >= 0.3 is 17.9 Å². The lowest BCUT2D eigenvalue weighted by molar-refractivity contribution is -0.160. The minimum atomic E-state index is -1.13. The topological polar surface area (TPSA) is 78.6 Å². The normalized spacial score (nSPS) is 16.4. The molecule has 0 unspecified atom stereocenters. The molecule has 0 spiro atoms. The maximum atomic E-state index is 11.8. The zero-order valence-electron chi connectivity index (χ0n) is 9.69. The van der Waals surface area contributed by atoms with Gasteiger partial charge in [-0.15, -0.1) is 0 Å². The fourth-order valence-corrected chi connectivity index (χ4v) is 1.46. The zero-order chi connectivity index (χ0) is 12.5. The van der Waals surface area contributed by atoms with Crippen LogP contribution in [-0.2, 0) is 14.3 Å². The number of hydrogen-bond donors (Lipinski definition) is 0. The Morgan fingerprint density at radius 3 is 2.65 bits per heavy atom. The first-order valence-electron chi connectivity index (χ1n) is 5.41. The summed E-state index contributed by atoms with van der Waals surface area (Å²) in [5.41, 5.74) is -0.523. The molecule has 1 aromatic rings. The summed E-state index contributed by atoms with van der Waals surface area (Å²) in [5.74, 6) is -1.16. The van der Waals surface area contributed by atoms with E-state index in [2.05, 4.69) is 5.16 Å².